The second kappa shape index (κ2) is 7.17. The molecule has 2 aromatic rings. The summed E-state index contributed by atoms with van der Waals surface area (Å²) >= 11 is 1.32. The van der Waals surface area contributed by atoms with Crippen molar-refractivity contribution in [1.82, 2.24) is 10.3 Å². The van der Waals surface area contributed by atoms with Gasteiger partial charge in [-0.25, -0.2) is 9.37 Å². The summed E-state index contributed by atoms with van der Waals surface area (Å²) in [7, 11) is 0. The van der Waals surface area contributed by atoms with E-state index in [4.69, 9.17) is 4.74 Å². The molecule has 0 spiro atoms. The monoisotopic (exact) mass is 308 g/mol. The van der Waals surface area contributed by atoms with Crippen molar-refractivity contribution >= 4 is 17.2 Å². The second-order valence-corrected chi connectivity index (χ2v) is 5.89. The molecule has 21 heavy (non-hydrogen) atoms. The number of halogens is 1. The number of amides is 1. The molecule has 1 aromatic carbocycles. The van der Waals surface area contributed by atoms with Crippen LogP contribution >= 0.6 is 11.3 Å². The van der Waals surface area contributed by atoms with Crippen molar-refractivity contribution in [2.45, 2.75) is 20.5 Å². The maximum Gasteiger partial charge on any atom is 0.270 e. The van der Waals surface area contributed by atoms with Crippen LogP contribution in [0.5, 0.6) is 5.75 Å². The molecule has 0 saturated heterocycles. The topological polar surface area (TPSA) is 51.2 Å². The lowest BCUT2D eigenvalue weighted by atomic mass is 10.2. The van der Waals surface area contributed by atoms with Crippen molar-refractivity contribution in [3.63, 3.8) is 0 Å². The van der Waals surface area contributed by atoms with Crippen molar-refractivity contribution in [1.29, 1.82) is 0 Å². The van der Waals surface area contributed by atoms with Gasteiger partial charge in [-0.15, -0.1) is 11.3 Å². The molecule has 1 heterocycles. The van der Waals surface area contributed by atoms with Crippen LogP contribution in [0.25, 0.3) is 0 Å². The number of carbonyl (C=O) groups excluding carboxylic acids is 1. The molecule has 0 atom stereocenters. The van der Waals surface area contributed by atoms with E-state index in [0.29, 0.717) is 23.2 Å². The summed E-state index contributed by atoms with van der Waals surface area (Å²) in [6.07, 6.45) is 0. The third-order valence-electron chi connectivity index (χ3n) is 2.64. The number of hydrogen-bond acceptors (Lipinski definition) is 4. The summed E-state index contributed by atoms with van der Waals surface area (Å²) in [6.45, 7) is 4.80. The van der Waals surface area contributed by atoms with Crippen LogP contribution in [0.2, 0.25) is 0 Å². The maximum absolute atomic E-state index is 13.4. The normalized spacial score (nSPS) is 10.7. The molecule has 0 aliphatic carbocycles. The van der Waals surface area contributed by atoms with Gasteiger partial charge in [-0.1, -0.05) is 26.0 Å². The highest BCUT2D eigenvalue weighted by Gasteiger charge is 2.11. The third kappa shape index (κ3) is 4.53. The van der Waals surface area contributed by atoms with Gasteiger partial charge in [0.15, 0.2) is 11.6 Å². The average molecular weight is 308 g/mol. The van der Waals surface area contributed by atoms with E-state index in [1.54, 1.807) is 23.6 Å². The number of nitrogens with one attached hydrogen (secondary N) is 1. The van der Waals surface area contributed by atoms with E-state index in [0.717, 1.165) is 0 Å². The van der Waals surface area contributed by atoms with Crippen LogP contribution in [0.4, 0.5) is 4.39 Å². The van der Waals surface area contributed by atoms with Gasteiger partial charge in [-0.2, -0.15) is 0 Å². The lowest BCUT2D eigenvalue weighted by Crippen LogP contribution is -2.27. The van der Waals surface area contributed by atoms with Gasteiger partial charge in [-0.3, -0.25) is 4.79 Å². The highest BCUT2D eigenvalue weighted by atomic mass is 32.1. The fraction of sp³-hybridized carbons (Fsp3) is 0.333. The molecular weight excluding hydrogens is 291 g/mol. The number of aromatic nitrogens is 1. The number of nitrogens with zero attached hydrogens (tertiary/aromatic N) is 1. The van der Waals surface area contributed by atoms with Gasteiger partial charge < -0.3 is 10.1 Å². The minimum atomic E-state index is -0.413. The van der Waals surface area contributed by atoms with E-state index < -0.39 is 5.82 Å². The Bertz CT molecular complexity index is 613. The van der Waals surface area contributed by atoms with Gasteiger partial charge in [-0.05, 0) is 18.1 Å². The number of hydrogen-bond donors (Lipinski definition) is 1. The zero-order valence-electron chi connectivity index (χ0n) is 11.9. The lowest BCUT2D eigenvalue weighted by molar-refractivity contribution is 0.0944. The van der Waals surface area contributed by atoms with E-state index in [2.05, 4.69) is 10.3 Å². The Labute approximate surface area is 127 Å². The lowest BCUT2D eigenvalue weighted by Gasteiger charge is -2.05. The Balaban J connectivity index is 1.91. The van der Waals surface area contributed by atoms with Gasteiger partial charge >= 0.3 is 0 Å². The SMILES string of the molecule is CC(C)CNC(=O)c1csc(COc2ccccc2F)n1. The van der Waals surface area contributed by atoms with Crippen molar-refractivity contribution in [2.24, 2.45) is 5.92 Å². The first kappa shape index (κ1) is 15.4. The second-order valence-electron chi connectivity index (χ2n) is 4.95. The molecule has 112 valence electrons. The number of para-hydroxylation sites is 1. The van der Waals surface area contributed by atoms with Crippen LogP contribution in [0.15, 0.2) is 29.6 Å². The standard InChI is InChI=1S/C15H17FN2O2S/c1-10(2)7-17-15(19)12-9-21-14(18-12)8-20-13-6-4-3-5-11(13)16/h3-6,9-10H,7-8H2,1-2H3,(H,17,19). The minimum absolute atomic E-state index is 0.142. The van der Waals surface area contributed by atoms with Crippen molar-refractivity contribution in [2.75, 3.05) is 6.54 Å². The summed E-state index contributed by atoms with van der Waals surface area (Å²) < 4.78 is 18.8. The summed E-state index contributed by atoms with van der Waals surface area (Å²) in [5, 5.41) is 5.11. The Hall–Kier alpha value is -1.95. The average Bonchev–Trinajstić information content (AvgIpc) is 2.93. The van der Waals surface area contributed by atoms with Gasteiger partial charge in [0.05, 0.1) is 0 Å². The van der Waals surface area contributed by atoms with E-state index in [1.807, 2.05) is 13.8 Å². The van der Waals surface area contributed by atoms with Crippen LogP contribution in [-0.2, 0) is 6.61 Å². The molecule has 6 heteroatoms. The number of rotatable bonds is 6. The number of ether oxygens (including phenoxy) is 1. The first-order valence-electron chi connectivity index (χ1n) is 6.66. The predicted octanol–water partition coefficient (Wildman–Crippen LogP) is 3.25. The van der Waals surface area contributed by atoms with Crippen molar-refractivity contribution in [3.05, 3.63) is 46.2 Å². The first-order chi connectivity index (χ1) is 10.1. The molecule has 1 aromatic heterocycles. The van der Waals surface area contributed by atoms with Crippen LogP contribution in [0, 0.1) is 11.7 Å². The van der Waals surface area contributed by atoms with E-state index in [9.17, 15) is 9.18 Å². The molecule has 1 amide bonds. The molecule has 2 rings (SSSR count). The predicted molar refractivity (Wildman–Crippen MR) is 80.0 cm³/mol. The van der Waals surface area contributed by atoms with Gasteiger partial charge in [0.1, 0.15) is 17.3 Å². The molecule has 0 unspecified atom stereocenters. The minimum Gasteiger partial charge on any atom is -0.483 e. The molecule has 4 nitrogen and oxygen atoms in total. The van der Waals surface area contributed by atoms with Crippen molar-refractivity contribution in [3.8, 4) is 5.75 Å². The largest absolute Gasteiger partial charge is 0.483 e. The molecular formula is C15H17FN2O2S. The Morgan fingerprint density at radius 2 is 2.19 bits per heavy atom. The van der Waals surface area contributed by atoms with Gasteiger partial charge in [0, 0.05) is 11.9 Å². The quantitative estimate of drug-likeness (QED) is 0.891. The highest BCUT2D eigenvalue weighted by Crippen LogP contribution is 2.18. The van der Waals surface area contributed by atoms with E-state index in [-0.39, 0.29) is 18.3 Å². The molecule has 0 radical (unpaired) electrons. The van der Waals surface area contributed by atoms with Gasteiger partial charge in [0.2, 0.25) is 0 Å². The summed E-state index contributed by atoms with van der Waals surface area (Å²) in [5.74, 6) is -0.0454. The Kier molecular flexibility index (Phi) is 5.27. The first-order valence-corrected chi connectivity index (χ1v) is 7.54. The zero-order chi connectivity index (χ0) is 15.2. The highest BCUT2D eigenvalue weighted by molar-refractivity contribution is 7.09. The summed E-state index contributed by atoms with van der Waals surface area (Å²) in [4.78, 5) is 16.0. The van der Waals surface area contributed by atoms with Crippen LogP contribution in [0.3, 0.4) is 0 Å². The van der Waals surface area contributed by atoms with Gasteiger partial charge in [0.25, 0.3) is 5.91 Å². The zero-order valence-corrected chi connectivity index (χ0v) is 12.7. The van der Waals surface area contributed by atoms with Crippen LogP contribution in [0.1, 0.15) is 29.3 Å². The molecule has 0 aliphatic rings. The maximum atomic E-state index is 13.4. The number of thiazole rings is 1. The molecule has 1 N–H and O–H groups in total. The van der Waals surface area contributed by atoms with E-state index >= 15 is 0 Å². The molecule has 0 aliphatic heterocycles. The molecule has 0 fully saturated rings. The Morgan fingerprint density at radius 1 is 1.43 bits per heavy atom. The fourth-order valence-electron chi connectivity index (χ4n) is 1.57. The number of carbonyl (C=O) groups is 1. The molecule has 0 saturated carbocycles. The summed E-state index contributed by atoms with van der Waals surface area (Å²) in [5.41, 5.74) is 0.368. The van der Waals surface area contributed by atoms with Crippen LogP contribution < -0.4 is 10.1 Å². The smallest absolute Gasteiger partial charge is 0.270 e. The fourth-order valence-corrected chi connectivity index (χ4v) is 2.26. The van der Waals surface area contributed by atoms with Crippen LogP contribution in [-0.4, -0.2) is 17.4 Å². The van der Waals surface area contributed by atoms with E-state index in [1.165, 1.54) is 17.4 Å². The summed E-state index contributed by atoms with van der Waals surface area (Å²) in [6, 6.07) is 6.19. The Morgan fingerprint density at radius 3 is 2.90 bits per heavy atom. The molecule has 0 bridgehead atoms. The third-order valence-corrected chi connectivity index (χ3v) is 3.47. The van der Waals surface area contributed by atoms with Crippen molar-refractivity contribution < 1.29 is 13.9 Å². The number of benzene rings is 1.